The summed E-state index contributed by atoms with van der Waals surface area (Å²) in [6, 6.07) is 0.664. The highest BCUT2D eigenvalue weighted by Gasteiger charge is 2.33. The van der Waals surface area contributed by atoms with Gasteiger partial charge in [-0.1, -0.05) is 20.3 Å². The summed E-state index contributed by atoms with van der Waals surface area (Å²) in [6.07, 6.45) is 8.13. The van der Waals surface area contributed by atoms with Crippen LogP contribution in [0.25, 0.3) is 0 Å². The zero-order chi connectivity index (χ0) is 11.6. The minimum atomic E-state index is 0.459. The molecule has 0 amide bonds. The van der Waals surface area contributed by atoms with Gasteiger partial charge in [0.05, 0.1) is 6.20 Å². The zero-order valence-corrected chi connectivity index (χ0v) is 10.7. The van der Waals surface area contributed by atoms with Crippen LogP contribution in [0.5, 0.6) is 0 Å². The van der Waals surface area contributed by atoms with Gasteiger partial charge in [0.25, 0.3) is 0 Å². The molecule has 2 rings (SSSR count). The van der Waals surface area contributed by atoms with Crippen molar-refractivity contribution in [1.29, 1.82) is 0 Å². The molecule has 0 bridgehead atoms. The topological polar surface area (TPSA) is 29.9 Å². The normalized spacial score (nSPS) is 23.8. The van der Waals surface area contributed by atoms with Crippen LogP contribution in [0.15, 0.2) is 12.4 Å². The Morgan fingerprint density at radius 2 is 2.38 bits per heavy atom. The van der Waals surface area contributed by atoms with Gasteiger partial charge in [0.2, 0.25) is 0 Å². The molecule has 1 fully saturated rings. The zero-order valence-electron chi connectivity index (χ0n) is 10.7. The molecule has 1 saturated carbocycles. The van der Waals surface area contributed by atoms with Gasteiger partial charge in [-0.2, -0.15) is 5.10 Å². The first-order valence-electron chi connectivity index (χ1n) is 6.36. The number of nitrogens with one attached hydrogen (secondary N) is 1. The van der Waals surface area contributed by atoms with Gasteiger partial charge in [-0.15, -0.1) is 0 Å². The lowest BCUT2D eigenvalue weighted by molar-refractivity contribution is 0.282. The van der Waals surface area contributed by atoms with Crippen LogP contribution in [-0.4, -0.2) is 15.8 Å². The van der Waals surface area contributed by atoms with Crippen LogP contribution in [0.3, 0.4) is 0 Å². The third-order valence-corrected chi connectivity index (χ3v) is 3.82. The van der Waals surface area contributed by atoms with Crippen molar-refractivity contribution in [1.82, 2.24) is 15.1 Å². The van der Waals surface area contributed by atoms with Gasteiger partial charge in [-0.25, -0.2) is 0 Å². The summed E-state index contributed by atoms with van der Waals surface area (Å²) in [5, 5.41) is 7.97. The first kappa shape index (κ1) is 11.6. The number of aryl methyl sites for hydroxylation is 1. The lowest BCUT2D eigenvalue weighted by Crippen LogP contribution is -2.37. The molecule has 1 N–H and O–H groups in total. The standard InChI is InChI=1S/C13H23N3/c1-4-16-10-11(9-15-16)8-14-12-6-5-7-13(12,2)3/h9-10,12,14H,4-8H2,1-3H3. The second-order valence-electron chi connectivity index (χ2n) is 5.52. The van der Waals surface area contributed by atoms with Gasteiger partial charge in [0.15, 0.2) is 0 Å². The minimum Gasteiger partial charge on any atom is -0.309 e. The Labute approximate surface area is 98.2 Å². The van der Waals surface area contributed by atoms with Gasteiger partial charge in [-0.3, -0.25) is 4.68 Å². The Kier molecular flexibility index (Phi) is 3.33. The number of rotatable bonds is 4. The highest BCUT2D eigenvalue weighted by molar-refractivity contribution is 5.04. The van der Waals surface area contributed by atoms with E-state index in [-0.39, 0.29) is 0 Å². The maximum Gasteiger partial charge on any atom is 0.0534 e. The van der Waals surface area contributed by atoms with Crippen molar-refractivity contribution in [3.63, 3.8) is 0 Å². The summed E-state index contributed by atoms with van der Waals surface area (Å²) < 4.78 is 1.98. The highest BCUT2D eigenvalue weighted by atomic mass is 15.3. The molecule has 0 spiro atoms. The number of hydrogen-bond donors (Lipinski definition) is 1. The predicted molar refractivity (Wildman–Crippen MR) is 66.2 cm³/mol. The molecule has 0 saturated heterocycles. The van der Waals surface area contributed by atoms with E-state index in [1.807, 2.05) is 10.9 Å². The molecule has 0 aromatic carbocycles. The van der Waals surface area contributed by atoms with Crippen LogP contribution in [0, 0.1) is 5.41 Å². The Hall–Kier alpha value is -0.830. The lowest BCUT2D eigenvalue weighted by Gasteiger charge is -2.27. The van der Waals surface area contributed by atoms with Crippen LogP contribution < -0.4 is 5.32 Å². The summed E-state index contributed by atoms with van der Waals surface area (Å²) in [4.78, 5) is 0. The van der Waals surface area contributed by atoms with E-state index in [0.717, 1.165) is 13.1 Å². The molecule has 0 radical (unpaired) electrons. The van der Waals surface area contributed by atoms with Crippen molar-refractivity contribution in [2.75, 3.05) is 0 Å². The van der Waals surface area contributed by atoms with Gasteiger partial charge in [-0.05, 0) is 25.2 Å². The average Bonchev–Trinajstić information content (AvgIpc) is 2.81. The minimum absolute atomic E-state index is 0.459. The fourth-order valence-corrected chi connectivity index (χ4v) is 2.62. The van der Waals surface area contributed by atoms with E-state index < -0.39 is 0 Å². The molecule has 1 aliphatic rings. The maximum atomic E-state index is 4.29. The van der Waals surface area contributed by atoms with Crippen LogP contribution in [-0.2, 0) is 13.1 Å². The highest BCUT2D eigenvalue weighted by Crippen LogP contribution is 2.37. The molecule has 1 atom stereocenters. The van der Waals surface area contributed by atoms with Crippen molar-refractivity contribution in [3.8, 4) is 0 Å². The Balaban J connectivity index is 1.87. The molecule has 1 aromatic heterocycles. The molecule has 0 aliphatic heterocycles. The number of aromatic nitrogens is 2. The summed E-state index contributed by atoms with van der Waals surface area (Å²) in [6.45, 7) is 8.76. The molecule has 1 unspecified atom stereocenters. The first-order valence-corrected chi connectivity index (χ1v) is 6.36. The number of hydrogen-bond acceptors (Lipinski definition) is 2. The Bertz CT molecular complexity index is 341. The smallest absolute Gasteiger partial charge is 0.0534 e. The molecular formula is C13H23N3. The fourth-order valence-electron chi connectivity index (χ4n) is 2.62. The third kappa shape index (κ3) is 2.46. The van der Waals surface area contributed by atoms with Crippen LogP contribution in [0.4, 0.5) is 0 Å². The van der Waals surface area contributed by atoms with E-state index in [1.54, 1.807) is 0 Å². The van der Waals surface area contributed by atoms with Gasteiger partial charge >= 0.3 is 0 Å². The van der Waals surface area contributed by atoms with Crippen molar-refractivity contribution >= 4 is 0 Å². The molecule has 16 heavy (non-hydrogen) atoms. The van der Waals surface area contributed by atoms with Crippen molar-refractivity contribution in [2.45, 2.75) is 59.2 Å². The molecule has 1 aliphatic carbocycles. The number of nitrogens with zero attached hydrogens (tertiary/aromatic N) is 2. The second-order valence-corrected chi connectivity index (χ2v) is 5.52. The molecular weight excluding hydrogens is 198 g/mol. The monoisotopic (exact) mass is 221 g/mol. The molecule has 3 heteroatoms. The molecule has 90 valence electrons. The molecule has 1 aromatic rings. The quantitative estimate of drug-likeness (QED) is 0.847. The molecule has 3 nitrogen and oxygen atoms in total. The summed E-state index contributed by atoms with van der Waals surface area (Å²) in [5.41, 5.74) is 1.75. The van der Waals surface area contributed by atoms with E-state index >= 15 is 0 Å². The van der Waals surface area contributed by atoms with Crippen molar-refractivity contribution < 1.29 is 0 Å². The van der Waals surface area contributed by atoms with E-state index in [0.29, 0.717) is 11.5 Å². The SMILES string of the molecule is CCn1cc(CNC2CCCC2(C)C)cn1. The molecule has 1 heterocycles. The van der Waals surface area contributed by atoms with Crippen LogP contribution in [0.2, 0.25) is 0 Å². The Morgan fingerprint density at radius 3 is 2.94 bits per heavy atom. The van der Waals surface area contributed by atoms with Crippen LogP contribution >= 0.6 is 0 Å². The predicted octanol–water partition coefficient (Wildman–Crippen LogP) is 2.57. The first-order chi connectivity index (χ1) is 7.62. The lowest BCUT2D eigenvalue weighted by atomic mass is 9.87. The van der Waals surface area contributed by atoms with Gasteiger partial charge < -0.3 is 5.32 Å². The fraction of sp³-hybridized carbons (Fsp3) is 0.769. The van der Waals surface area contributed by atoms with Crippen molar-refractivity contribution in [3.05, 3.63) is 18.0 Å². The van der Waals surface area contributed by atoms with Gasteiger partial charge in [0, 0.05) is 30.9 Å². The van der Waals surface area contributed by atoms with Crippen LogP contribution in [0.1, 0.15) is 45.6 Å². The summed E-state index contributed by atoms with van der Waals surface area (Å²) >= 11 is 0. The van der Waals surface area contributed by atoms with Gasteiger partial charge in [0.1, 0.15) is 0 Å². The van der Waals surface area contributed by atoms with E-state index in [9.17, 15) is 0 Å². The van der Waals surface area contributed by atoms with E-state index in [1.165, 1.54) is 24.8 Å². The van der Waals surface area contributed by atoms with E-state index in [2.05, 4.69) is 37.4 Å². The van der Waals surface area contributed by atoms with E-state index in [4.69, 9.17) is 0 Å². The van der Waals surface area contributed by atoms with Crippen molar-refractivity contribution in [2.24, 2.45) is 5.41 Å². The summed E-state index contributed by atoms with van der Waals surface area (Å²) in [5.74, 6) is 0. The maximum absolute atomic E-state index is 4.29. The summed E-state index contributed by atoms with van der Waals surface area (Å²) in [7, 11) is 0. The largest absolute Gasteiger partial charge is 0.309 e. The average molecular weight is 221 g/mol. The second kappa shape index (κ2) is 4.58. The third-order valence-electron chi connectivity index (χ3n) is 3.82. The Morgan fingerprint density at radius 1 is 1.56 bits per heavy atom.